The molecule has 1 heterocycles. The van der Waals surface area contributed by atoms with E-state index in [1.54, 1.807) is 0 Å². The molecule has 0 spiro atoms. The lowest BCUT2D eigenvalue weighted by molar-refractivity contribution is -0.159. The number of alkyl halides is 2. The quantitative estimate of drug-likeness (QED) is 0.538. The first-order chi connectivity index (χ1) is 7.45. The molecule has 0 bridgehead atoms. The first-order valence-corrected chi connectivity index (χ1v) is 5.44. The zero-order valence-electron chi connectivity index (χ0n) is 9.63. The molecule has 1 fully saturated rings. The minimum Gasteiger partial charge on any atom is -0.456 e. The zero-order valence-corrected chi connectivity index (χ0v) is 9.63. The van der Waals surface area contributed by atoms with Gasteiger partial charge in [-0.3, -0.25) is 0 Å². The molecule has 0 radical (unpaired) electrons. The van der Waals surface area contributed by atoms with E-state index in [-0.39, 0.29) is 0 Å². The highest BCUT2D eigenvalue weighted by Crippen LogP contribution is 2.30. The van der Waals surface area contributed by atoms with Crippen molar-refractivity contribution in [2.45, 2.75) is 25.4 Å². The Morgan fingerprint density at radius 1 is 1.62 bits per heavy atom. The van der Waals surface area contributed by atoms with Crippen LogP contribution in [-0.4, -0.2) is 56.1 Å². The van der Waals surface area contributed by atoms with Crippen molar-refractivity contribution in [1.29, 1.82) is 0 Å². The van der Waals surface area contributed by atoms with Crippen LogP contribution in [0, 0.1) is 0 Å². The van der Waals surface area contributed by atoms with Crippen molar-refractivity contribution >= 4 is 5.97 Å². The Morgan fingerprint density at radius 3 is 2.81 bits per heavy atom. The number of halogens is 2. The van der Waals surface area contributed by atoms with Crippen LogP contribution >= 0.6 is 0 Å². The summed E-state index contributed by atoms with van der Waals surface area (Å²) < 4.78 is 30.1. The van der Waals surface area contributed by atoms with Crippen LogP contribution in [0.25, 0.3) is 0 Å². The fourth-order valence-corrected chi connectivity index (χ4v) is 1.45. The van der Waals surface area contributed by atoms with Crippen molar-refractivity contribution in [3.8, 4) is 0 Å². The van der Waals surface area contributed by atoms with Crippen LogP contribution in [0.1, 0.15) is 13.3 Å². The third kappa shape index (κ3) is 3.68. The summed E-state index contributed by atoms with van der Waals surface area (Å²) in [5, 5.41) is 3.00. The Kier molecular flexibility index (Phi) is 4.61. The topological polar surface area (TPSA) is 41.6 Å². The molecule has 0 aliphatic carbocycles. The molecule has 1 rings (SSSR count). The molecule has 1 saturated heterocycles. The summed E-state index contributed by atoms with van der Waals surface area (Å²) >= 11 is 0. The van der Waals surface area contributed by atoms with Gasteiger partial charge in [-0.05, 0) is 13.6 Å². The smallest absolute Gasteiger partial charge is 0.377 e. The van der Waals surface area contributed by atoms with E-state index in [4.69, 9.17) is 0 Å². The third-order valence-electron chi connectivity index (χ3n) is 2.64. The lowest BCUT2D eigenvalue weighted by atomic mass is 10.2. The van der Waals surface area contributed by atoms with Gasteiger partial charge in [-0.25, -0.2) is 4.79 Å². The number of carbonyl (C=O) groups excluding carboxylic acids is 1. The normalized spacial score (nSPS) is 23.8. The van der Waals surface area contributed by atoms with Crippen LogP contribution < -0.4 is 5.32 Å². The molecule has 1 unspecified atom stereocenters. The molecule has 0 saturated carbocycles. The molecule has 4 nitrogen and oxygen atoms in total. The highest BCUT2D eigenvalue weighted by atomic mass is 19.3. The summed E-state index contributed by atoms with van der Waals surface area (Å²) in [6.45, 7) is 4.81. The Bertz CT molecular complexity index is 249. The summed E-state index contributed by atoms with van der Waals surface area (Å²) in [5.74, 6) is -4.70. The fraction of sp³-hybridized carbons (Fsp3) is 0.900. The number of cyclic esters (lactones) is 1. The predicted molar refractivity (Wildman–Crippen MR) is 55.5 cm³/mol. The fourth-order valence-electron chi connectivity index (χ4n) is 1.45. The Balaban J connectivity index is 2.14. The van der Waals surface area contributed by atoms with Gasteiger partial charge in [-0.1, -0.05) is 6.92 Å². The number of hydrogen-bond donors (Lipinski definition) is 1. The van der Waals surface area contributed by atoms with E-state index in [9.17, 15) is 13.6 Å². The first kappa shape index (κ1) is 13.3. The Labute approximate surface area is 93.9 Å². The van der Waals surface area contributed by atoms with E-state index in [0.717, 1.165) is 13.1 Å². The van der Waals surface area contributed by atoms with Crippen LogP contribution in [-0.2, 0) is 9.53 Å². The van der Waals surface area contributed by atoms with Gasteiger partial charge < -0.3 is 15.0 Å². The van der Waals surface area contributed by atoms with Crippen LogP contribution in [0.4, 0.5) is 8.78 Å². The van der Waals surface area contributed by atoms with Crippen LogP contribution in [0.3, 0.4) is 0 Å². The number of hydrogen-bond acceptors (Lipinski definition) is 4. The lowest BCUT2D eigenvalue weighted by Gasteiger charge is -2.15. The van der Waals surface area contributed by atoms with Gasteiger partial charge in [0.1, 0.15) is 6.10 Å². The van der Waals surface area contributed by atoms with Crippen LogP contribution in [0.2, 0.25) is 0 Å². The second-order valence-electron chi connectivity index (χ2n) is 4.04. The number of esters is 1. The molecule has 1 aliphatic rings. The molecule has 94 valence electrons. The molecule has 1 N–H and O–H groups in total. The molecule has 1 atom stereocenters. The molecule has 0 aromatic carbocycles. The second-order valence-corrected chi connectivity index (χ2v) is 4.04. The SMILES string of the molecule is CCN(C)CCNCC1CC(F)(F)C(=O)O1. The maximum atomic E-state index is 12.8. The van der Waals surface area contributed by atoms with Gasteiger partial charge in [0.2, 0.25) is 0 Å². The van der Waals surface area contributed by atoms with Crippen molar-refractivity contribution in [2.24, 2.45) is 0 Å². The molecular weight excluding hydrogens is 218 g/mol. The summed E-state index contributed by atoms with van der Waals surface area (Å²) in [7, 11) is 1.98. The highest BCUT2D eigenvalue weighted by molar-refractivity contribution is 5.79. The molecule has 0 aromatic heterocycles. The van der Waals surface area contributed by atoms with E-state index >= 15 is 0 Å². The molecule has 6 heteroatoms. The van der Waals surface area contributed by atoms with Crippen molar-refractivity contribution in [1.82, 2.24) is 10.2 Å². The van der Waals surface area contributed by atoms with Gasteiger partial charge in [0.05, 0.1) is 6.42 Å². The molecule has 0 aromatic rings. The van der Waals surface area contributed by atoms with Gasteiger partial charge in [0.25, 0.3) is 0 Å². The molecule has 16 heavy (non-hydrogen) atoms. The third-order valence-corrected chi connectivity index (χ3v) is 2.64. The zero-order chi connectivity index (χ0) is 12.2. The first-order valence-electron chi connectivity index (χ1n) is 5.44. The highest BCUT2D eigenvalue weighted by Gasteiger charge is 2.50. The average Bonchev–Trinajstić information content (AvgIpc) is 2.47. The maximum absolute atomic E-state index is 12.8. The Hall–Kier alpha value is -0.750. The number of nitrogens with one attached hydrogen (secondary N) is 1. The number of rotatable bonds is 6. The van der Waals surface area contributed by atoms with E-state index in [1.807, 2.05) is 14.0 Å². The number of ether oxygens (including phenoxy) is 1. The molecule has 0 amide bonds. The van der Waals surface area contributed by atoms with Crippen LogP contribution in [0.15, 0.2) is 0 Å². The number of carbonyl (C=O) groups is 1. The minimum absolute atomic E-state index is 0.291. The number of nitrogens with zero attached hydrogens (tertiary/aromatic N) is 1. The van der Waals surface area contributed by atoms with Gasteiger partial charge in [0.15, 0.2) is 0 Å². The monoisotopic (exact) mass is 236 g/mol. The maximum Gasteiger partial charge on any atom is 0.377 e. The largest absolute Gasteiger partial charge is 0.456 e. The van der Waals surface area contributed by atoms with E-state index in [2.05, 4.69) is 15.0 Å². The summed E-state index contributed by atoms with van der Waals surface area (Å²) in [6.07, 6.45) is -1.21. The van der Waals surface area contributed by atoms with Crippen LogP contribution in [0.5, 0.6) is 0 Å². The van der Waals surface area contributed by atoms with Gasteiger partial charge in [-0.2, -0.15) is 8.78 Å². The van der Waals surface area contributed by atoms with Gasteiger partial charge in [0, 0.05) is 19.6 Å². The standard InChI is InChI=1S/C10H18F2N2O2/c1-3-14(2)5-4-13-7-8-6-10(11,12)9(15)16-8/h8,13H,3-7H2,1-2H3. The van der Waals surface area contributed by atoms with E-state index in [1.165, 1.54) is 0 Å². The minimum atomic E-state index is -3.30. The second kappa shape index (κ2) is 5.54. The number of likely N-dealkylation sites (N-methyl/N-ethyl adjacent to an activating group) is 1. The predicted octanol–water partition coefficient (Wildman–Crippen LogP) is 0.478. The summed E-state index contributed by atoms with van der Waals surface area (Å²) in [6, 6.07) is 0. The Morgan fingerprint density at radius 2 is 2.31 bits per heavy atom. The summed E-state index contributed by atoms with van der Waals surface area (Å²) in [5.41, 5.74) is 0. The van der Waals surface area contributed by atoms with Gasteiger partial charge >= 0.3 is 11.9 Å². The van der Waals surface area contributed by atoms with E-state index in [0.29, 0.717) is 13.1 Å². The van der Waals surface area contributed by atoms with Crippen molar-refractivity contribution < 1.29 is 18.3 Å². The lowest BCUT2D eigenvalue weighted by Crippen LogP contribution is -2.33. The van der Waals surface area contributed by atoms with E-state index < -0.39 is 24.4 Å². The van der Waals surface area contributed by atoms with Crippen molar-refractivity contribution in [2.75, 3.05) is 33.2 Å². The molecular formula is C10H18F2N2O2. The molecule has 1 aliphatic heterocycles. The summed E-state index contributed by atoms with van der Waals surface area (Å²) in [4.78, 5) is 12.8. The van der Waals surface area contributed by atoms with Crippen molar-refractivity contribution in [3.05, 3.63) is 0 Å². The van der Waals surface area contributed by atoms with Gasteiger partial charge in [-0.15, -0.1) is 0 Å². The van der Waals surface area contributed by atoms with Crippen molar-refractivity contribution in [3.63, 3.8) is 0 Å². The average molecular weight is 236 g/mol.